The van der Waals surface area contributed by atoms with Gasteiger partial charge in [0.15, 0.2) is 0 Å². The van der Waals surface area contributed by atoms with E-state index >= 15 is 0 Å². The Bertz CT molecular complexity index is 222. The fourth-order valence-electron chi connectivity index (χ4n) is 2.13. The maximum absolute atomic E-state index is 11.2. The van der Waals surface area contributed by atoms with Crippen LogP contribution in [0.15, 0.2) is 0 Å². The Kier molecular flexibility index (Phi) is 3.07. The Labute approximate surface area is 78.1 Å². The summed E-state index contributed by atoms with van der Waals surface area (Å²) in [6, 6.07) is 0. The van der Waals surface area contributed by atoms with Crippen molar-refractivity contribution in [2.75, 3.05) is 0 Å². The van der Waals surface area contributed by atoms with E-state index in [-0.39, 0.29) is 11.7 Å². The van der Waals surface area contributed by atoms with Crippen LogP contribution < -0.4 is 0 Å². The molecule has 3 atom stereocenters. The van der Waals surface area contributed by atoms with Gasteiger partial charge in [0.1, 0.15) is 5.78 Å². The number of carboxylic acids is 1. The molecule has 0 bridgehead atoms. The Morgan fingerprint density at radius 3 is 2.31 bits per heavy atom. The Balaban J connectivity index is 2.72. The summed E-state index contributed by atoms with van der Waals surface area (Å²) in [6.45, 7) is 3.58. The Morgan fingerprint density at radius 2 is 1.85 bits per heavy atom. The molecule has 74 valence electrons. The summed E-state index contributed by atoms with van der Waals surface area (Å²) in [5.41, 5.74) is 0. The summed E-state index contributed by atoms with van der Waals surface area (Å²) in [6.07, 6.45) is 2.33. The van der Waals surface area contributed by atoms with Gasteiger partial charge in [-0.1, -0.05) is 6.92 Å². The number of carbonyl (C=O) groups is 2. The molecule has 0 spiro atoms. The Hall–Kier alpha value is -0.860. The van der Waals surface area contributed by atoms with Gasteiger partial charge in [-0.15, -0.1) is 0 Å². The molecule has 1 fully saturated rings. The zero-order valence-electron chi connectivity index (χ0n) is 8.12. The molecule has 0 aliphatic heterocycles. The van der Waals surface area contributed by atoms with E-state index in [4.69, 9.17) is 5.11 Å². The molecule has 1 aliphatic rings. The quantitative estimate of drug-likeness (QED) is 0.710. The van der Waals surface area contributed by atoms with Gasteiger partial charge in [0.05, 0.1) is 5.92 Å². The van der Waals surface area contributed by atoms with Gasteiger partial charge in [-0.2, -0.15) is 0 Å². The smallest absolute Gasteiger partial charge is 0.307 e. The molecule has 3 heteroatoms. The first-order valence-corrected chi connectivity index (χ1v) is 4.75. The van der Waals surface area contributed by atoms with E-state index in [1.807, 2.05) is 0 Å². The maximum atomic E-state index is 11.2. The fourth-order valence-corrected chi connectivity index (χ4v) is 2.13. The molecule has 0 aromatic carbocycles. The van der Waals surface area contributed by atoms with Crippen LogP contribution in [0.4, 0.5) is 0 Å². The minimum atomic E-state index is -0.813. The van der Waals surface area contributed by atoms with Crippen LogP contribution in [0.5, 0.6) is 0 Å². The van der Waals surface area contributed by atoms with Crippen molar-refractivity contribution in [3.05, 3.63) is 0 Å². The SMILES string of the molecule is CC(=O)C1CC(C)CCC1C(=O)O. The number of hydrogen-bond acceptors (Lipinski definition) is 2. The van der Waals surface area contributed by atoms with Gasteiger partial charge in [0.2, 0.25) is 0 Å². The molecule has 3 unspecified atom stereocenters. The van der Waals surface area contributed by atoms with E-state index in [1.54, 1.807) is 0 Å². The third-order valence-corrected chi connectivity index (χ3v) is 2.95. The zero-order chi connectivity index (χ0) is 10.0. The fraction of sp³-hybridized carbons (Fsp3) is 0.800. The van der Waals surface area contributed by atoms with E-state index in [2.05, 4.69) is 6.92 Å². The second kappa shape index (κ2) is 3.90. The second-order valence-electron chi connectivity index (χ2n) is 4.08. The van der Waals surface area contributed by atoms with Gasteiger partial charge < -0.3 is 5.11 Å². The monoisotopic (exact) mass is 184 g/mol. The normalized spacial score (nSPS) is 34.2. The molecule has 1 rings (SSSR count). The number of carbonyl (C=O) groups excluding carboxylic acids is 1. The van der Waals surface area contributed by atoms with E-state index < -0.39 is 11.9 Å². The van der Waals surface area contributed by atoms with Gasteiger partial charge in [-0.05, 0) is 32.1 Å². The third kappa shape index (κ3) is 2.29. The molecular formula is C10H16O3. The van der Waals surface area contributed by atoms with Crippen molar-refractivity contribution in [3.63, 3.8) is 0 Å². The molecule has 1 N–H and O–H groups in total. The van der Waals surface area contributed by atoms with Crippen LogP contribution in [-0.4, -0.2) is 16.9 Å². The van der Waals surface area contributed by atoms with Crippen molar-refractivity contribution in [2.24, 2.45) is 17.8 Å². The first-order valence-electron chi connectivity index (χ1n) is 4.75. The van der Waals surface area contributed by atoms with Gasteiger partial charge >= 0.3 is 5.97 Å². The van der Waals surface area contributed by atoms with Crippen LogP contribution in [0.1, 0.15) is 33.1 Å². The minimum absolute atomic E-state index is 0.0268. The summed E-state index contributed by atoms with van der Waals surface area (Å²) < 4.78 is 0. The number of ketones is 1. The Morgan fingerprint density at radius 1 is 1.23 bits per heavy atom. The number of carboxylic acid groups (broad SMARTS) is 1. The van der Waals surface area contributed by atoms with E-state index in [0.717, 1.165) is 12.8 Å². The van der Waals surface area contributed by atoms with Crippen LogP contribution >= 0.6 is 0 Å². The number of Topliss-reactive ketones (excluding diaryl/α,β-unsaturated/α-hetero) is 1. The van der Waals surface area contributed by atoms with Crippen molar-refractivity contribution >= 4 is 11.8 Å². The summed E-state index contributed by atoms with van der Waals surface area (Å²) in [5, 5.41) is 8.89. The largest absolute Gasteiger partial charge is 0.481 e. The predicted molar refractivity (Wildman–Crippen MR) is 48.3 cm³/mol. The lowest BCUT2D eigenvalue weighted by Crippen LogP contribution is -2.33. The van der Waals surface area contributed by atoms with E-state index in [1.165, 1.54) is 6.92 Å². The minimum Gasteiger partial charge on any atom is -0.481 e. The summed E-state index contributed by atoms with van der Waals surface area (Å²) >= 11 is 0. The lowest BCUT2D eigenvalue weighted by molar-refractivity contribution is -0.148. The summed E-state index contributed by atoms with van der Waals surface area (Å²) in [4.78, 5) is 22.0. The van der Waals surface area contributed by atoms with Crippen molar-refractivity contribution in [1.82, 2.24) is 0 Å². The molecule has 0 aromatic rings. The molecule has 13 heavy (non-hydrogen) atoms. The van der Waals surface area contributed by atoms with Crippen molar-refractivity contribution in [1.29, 1.82) is 0 Å². The molecular weight excluding hydrogens is 168 g/mol. The first kappa shape index (κ1) is 10.2. The van der Waals surface area contributed by atoms with Gasteiger partial charge in [-0.3, -0.25) is 9.59 Å². The molecule has 3 nitrogen and oxygen atoms in total. The van der Waals surface area contributed by atoms with Crippen molar-refractivity contribution in [3.8, 4) is 0 Å². The van der Waals surface area contributed by atoms with E-state index in [9.17, 15) is 9.59 Å². The average Bonchev–Trinajstić information content (AvgIpc) is 2.03. The second-order valence-corrected chi connectivity index (χ2v) is 4.08. The molecule has 1 saturated carbocycles. The predicted octanol–water partition coefficient (Wildman–Crippen LogP) is 1.71. The van der Waals surface area contributed by atoms with Crippen LogP contribution in [-0.2, 0) is 9.59 Å². The highest BCUT2D eigenvalue weighted by atomic mass is 16.4. The number of rotatable bonds is 2. The average molecular weight is 184 g/mol. The zero-order valence-corrected chi connectivity index (χ0v) is 8.12. The molecule has 0 saturated heterocycles. The molecule has 0 radical (unpaired) electrons. The third-order valence-electron chi connectivity index (χ3n) is 2.95. The highest BCUT2D eigenvalue weighted by Gasteiger charge is 2.35. The lowest BCUT2D eigenvalue weighted by Gasteiger charge is -2.30. The first-order chi connectivity index (χ1) is 6.02. The number of hydrogen-bond donors (Lipinski definition) is 1. The molecule has 0 heterocycles. The number of aliphatic carboxylic acids is 1. The molecule has 0 aromatic heterocycles. The van der Waals surface area contributed by atoms with Gasteiger partial charge in [-0.25, -0.2) is 0 Å². The van der Waals surface area contributed by atoms with Crippen molar-refractivity contribution in [2.45, 2.75) is 33.1 Å². The van der Waals surface area contributed by atoms with Crippen molar-refractivity contribution < 1.29 is 14.7 Å². The highest BCUT2D eigenvalue weighted by molar-refractivity contribution is 5.84. The summed E-state index contributed by atoms with van der Waals surface area (Å²) in [5.74, 6) is -0.981. The standard InChI is InChI=1S/C10H16O3/c1-6-3-4-8(10(12)13)9(5-6)7(2)11/h6,8-9H,3-5H2,1-2H3,(H,12,13). The summed E-state index contributed by atoms with van der Waals surface area (Å²) in [7, 11) is 0. The maximum Gasteiger partial charge on any atom is 0.307 e. The lowest BCUT2D eigenvalue weighted by atomic mass is 9.73. The van der Waals surface area contributed by atoms with Crippen LogP contribution in [0.3, 0.4) is 0 Å². The molecule has 1 aliphatic carbocycles. The highest BCUT2D eigenvalue weighted by Crippen LogP contribution is 2.34. The van der Waals surface area contributed by atoms with Gasteiger partial charge in [0, 0.05) is 5.92 Å². The van der Waals surface area contributed by atoms with Crippen LogP contribution in [0.25, 0.3) is 0 Å². The topological polar surface area (TPSA) is 54.4 Å². The van der Waals surface area contributed by atoms with Crippen LogP contribution in [0.2, 0.25) is 0 Å². The van der Waals surface area contributed by atoms with Gasteiger partial charge in [0.25, 0.3) is 0 Å². The van der Waals surface area contributed by atoms with Crippen LogP contribution in [0, 0.1) is 17.8 Å². The molecule has 0 amide bonds. The van der Waals surface area contributed by atoms with E-state index in [0.29, 0.717) is 12.3 Å².